The Morgan fingerprint density at radius 2 is 1.36 bits per heavy atom. The van der Waals surface area contributed by atoms with Crippen LogP contribution in [0.1, 0.15) is 13.8 Å². The van der Waals surface area contributed by atoms with E-state index in [9.17, 15) is 0 Å². The molecular weight excluding hydrogens is 147 g/mol. The van der Waals surface area contributed by atoms with Crippen molar-refractivity contribution in [3.8, 4) is 0 Å². The van der Waals surface area contributed by atoms with Gasteiger partial charge in [0, 0.05) is 0 Å². The normalized spacial score (nSPS) is 10.4. The molecule has 0 nitrogen and oxygen atoms in total. The van der Waals surface area contributed by atoms with Crippen LogP contribution in [0.4, 0.5) is 0 Å². The zero-order valence-corrected chi connectivity index (χ0v) is 8.46. The molecule has 0 unspecified atom stereocenters. The van der Waals surface area contributed by atoms with Crippen LogP contribution in [0.15, 0.2) is 46.3 Å². The first-order valence-electron chi connectivity index (χ1n) is 3.62. The molecule has 0 aliphatic heterocycles. The fourth-order valence-corrected chi connectivity index (χ4v) is 1.51. The standard InChI is InChI=1S/2C5H7.Al/c2*1-4-5(2)3;/h2*1,4H,2H2,3H3;/q;;+1. The first kappa shape index (κ1) is 10.5. The van der Waals surface area contributed by atoms with Crippen LogP contribution in [-0.2, 0) is 0 Å². The van der Waals surface area contributed by atoms with Gasteiger partial charge in [0.05, 0.1) is 0 Å². The Morgan fingerprint density at radius 1 is 1.00 bits per heavy atom. The van der Waals surface area contributed by atoms with Gasteiger partial charge in [-0.3, -0.25) is 0 Å². The van der Waals surface area contributed by atoms with E-state index >= 15 is 0 Å². The predicted molar refractivity (Wildman–Crippen MR) is 53.7 cm³/mol. The monoisotopic (exact) mass is 161 g/mol. The van der Waals surface area contributed by atoms with Crippen LogP contribution in [0.3, 0.4) is 0 Å². The first-order chi connectivity index (χ1) is 5.13. The van der Waals surface area contributed by atoms with E-state index in [1.54, 1.807) is 0 Å². The Kier molecular flexibility index (Phi) is 5.93. The van der Waals surface area contributed by atoms with Gasteiger partial charge in [-0.05, 0) is 0 Å². The Hall–Kier alpha value is -0.508. The van der Waals surface area contributed by atoms with Gasteiger partial charge in [0.25, 0.3) is 0 Å². The molecule has 0 aromatic heterocycles. The van der Waals surface area contributed by atoms with Gasteiger partial charge in [0.2, 0.25) is 0 Å². The molecule has 0 amide bonds. The molecule has 0 N–H and O–H groups in total. The van der Waals surface area contributed by atoms with Crippen molar-refractivity contribution in [3.05, 3.63) is 46.3 Å². The van der Waals surface area contributed by atoms with Crippen LogP contribution < -0.4 is 0 Å². The molecule has 0 aliphatic carbocycles. The summed E-state index contributed by atoms with van der Waals surface area (Å²) >= 11 is 0.289. The predicted octanol–water partition coefficient (Wildman–Crippen LogP) is 2.87. The van der Waals surface area contributed by atoms with Gasteiger partial charge in [-0.2, -0.15) is 0 Å². The van der Waals surface area contributed by atoms with Crippen molar-refractivity contribution in [2.45, 2.75) is 13.8 Å². The van der Waals surface area contributed by atoms with Crippen LogP contribution in [0.25, 0.3) is 0 Å². The summed E-state index contributed by atoms with van der Waals surface area (Å²) in [6, 6.07) is 0. The molecule has 0 fully saturated rings. The van der Waals surface area contributed by atoms with Crippen molar-refractivity contribution in [2.75, 3.05) is 0 Å². The van der Waals surface area contributed by atoms with E-state index in [0.29, 0.717) is 0 Å². The van der Waals surface area contributed by atoms with E-state index in [2.05, 4.69) is 35.2 Å². The molecule has 0 spiro atoms. The van der Waals surface area contributed by atoms with Crippen molar-refractivity contribution >= 4 is 15.2 Å². The molecule has 0 bridgehead atoms. The summed E-state index contributed by atoms with van der Waals surface area (Å²) in [5.41, 5.74) is 2.22. The van der Waals surface area contributed by atoms with Crippen LogP contribution in [0, 0.1) is 0 Å². The van der Waals surface area contributed by atoms with Crippen molar-refractivity contribution in [2.24, 2.45) is 0 Å². The fraction of sp³-hybridized carbons (Fsp3) is 0.200. The second-order valence-electron chi connectivity index (χ2n) is 2.60. The number of hydrogen-bond donors (Lipinski definition) is 0. The summed E-state index contributed by atoms with van der Waals surface area (Å²) in [6.45, 7) is 11.5. The Labute approximate surface area is 75.7 Å². The molecule has 0 heterocycles. The van der Waals surface area contributed by atoms with Gasteiger partial charge >= 0.3 is 75.4 Å². The van der Waals surface area contributed by atoms with Crippen LogP contribution >= 0.6 is 0 Å². The van der Waals surface area contributed by atoms with Gasteiger partial charge in [-0.1, -0.05) is 0 Å². The first-order valence-corrected chi connectivity index (χ1v) is 4.95. The van der Waals surface area contributed by atoms with E-state index in [0.717, 1.165) is 11.1 Å². The van der Waals surface area contributed by atoms with Crippen LogP contribution in [-0.4, -0.2) is 15.2 Å². The average molecular weight is 161 g/mol. The number of allylic oxidation sites excluding steroid dienone is 4. The SMILES string of the molecule is C=C(C)C=[CH][Al+][CH]=CC(=C)C. The molecule has 0 saturated heterocycles. The topological polar surface area (TPSA) is 0 Å². The number of hydrogen-bond acceptors (Lipinski definition) is 0. The quantitative estimate of drug-likeness (QED) is 0.439. The fourth-order valence-electron chi connectivity index (χ4n) is 0.504. The van der Waals surface area contributed by atoms with Gasteiger partial charge < -0.3 is 0 Å². The van der Waals surface area contributed by atoms with Crippen LogP contribution in [0.5, 0.6) is 0 Å². The Bertz CT molecular complexity index is 175. The molecule has 11 heavy (non-hydrogen) atoms. The van der Waals surface area contributed by atoms with Crippen LogP contribution in [0.2, 0.25) is 0 Å². The third-order valence-corrected chi connectivity index (χ3v) is 1.81. The zero-order valence-electron chi connectivity index (χ0n) is 7.30. The van der Waals surface area contributed by atoms with Gasteiger partial charge in [0.15, 0.2) is 0 Å². The average Bonchev–Trinajstić information content (AvgIpc) is 1.85. The van der Waals surface area contributed by atoms with Gasteiger partial charge in [-0.25, -0.2) is 0 Å². The minimum atomic E-state index is 0.289. The Balaban J connectivity index is 3.57. The van der Waals surface area contributed by atoms with Gasteiger partial charge in [0.1, 0.15) is 0 Å². The van der Waals surface area contributed by atoms with E-state index in [1.807, 2.05) is 13.8 Å². The molecule has 1 heteroatoms. The maximum atomic E-state index is 3.77. The van der Waals surface area contributed by atoms with E-state index in [4.69, 9.17) is 0 Å². The summed E-state index contributed by atoms with van der Waals surface area (Å²) in [5, 5.41) is 0. The molecule has 0 radical (unpaired) electrons. The Morgan fingerprint density at radius 3 is 1.64 bits per heavy atom. The summed E-state index contributed by atoms with van der Waals surface area (Å²) in [7, 11) is 0. The van der Waals surface area contributed by atoms with Crippen molar-refractivity contribution in [1.29, 1.82) is 0 Å². The molecule has 0 aromatic carbocycles. The van der Waals surface area contributed by atoms with Crippen molar-refractivity contribution in [1.82, 2.24) is 0 Å². The van der Waals surface area contributed by atoms with Crippen molar-refractivity contribution in [3.63, 3.8) is 0 Å². The maximum absolute atomic E-state index is 3.77. The third kappa shape index (κ3) is 9.49. The van der Waals surface area contributed by atoms with Crippen molar-refractivity contribution < 1.29 is 0 Å². The van der Waals surface area contributed by atoms with E-state index in [1.165, 1.54) is 0 Å². The third-order valence-electron chi connectivity index (χ3n) is 0.984. The molecule has 0 saturated carbocycles. The minimum absolute atomic E-state index is 0.289. The summed E-state index contributed by atoms with van der Waals surface area (Å²) in [5.74, 6) is 0. The van der Waals surface area contributed by atoms with E-state index < -0.39 is 0 Å². The second kappa shape index (κ2) is 6.22. The molecule has 0 aromatic rings. The molecule has 56 valence electrons. The molecule has 0 rings (SSSR count). The summed E-state index contributed by atoms with van der Waals surface area (Å²) < 4.78 is 0. The summed E-state index contributed by atoms with van der Waals surface area (Å²) in [4.78, 5) is 4.34. The molecule has 0 atom stereocenters. The summed E-state index contributed by atoms with van der Waals surface area (Å²) in [6.07, 6.45) is 4.11. The molecular formula is C10H14Al+. The zero-order chi connectivity index (χ0) is 8.69. The van der Waals surface area contributed by atoms with Gasteiger partial charge in [-0.15, -0.1) is 0 Å². The number of rotatable bonds is 4. The molecule has 0 aliphatic rings. The second-order valence-corrected chi connectivity index (χ2v) is 3.76. The van der Waals surface area contributed by atoms with E-state index in [-0.39, 0.29) is 15.2 Å².